The quantitative estimate of drug-likeness (QED) is 0.741. The maximum absolute atomic E-state index is 12.2. The smallest absolute Gasteiger partial charge is 0.251 e. The van der Waals surface area contributed by atoms with E-state index in [0.29, 0.717) is 22.8 Å². The number of nitrogens with one attached hydrogen (secondary N) is 1. The molecule has 0 radical (unpaired) electrons. The van der Waals surface area contributed by atoms with Gasteiger partial charge in [-0.2, -0.15) is 0 Å². The maximum Gasteiger partial charge on any atom is 0.251 e. The molecule has 0 bridgehead atoms. The summed E-state index contributed by atoms with van der Waals surface area (Å²) in [5.41, 5.74) is 1.17. The summed E-state index contributed by atoms with van der Waals surface area (Å²) in [6.07, 6.45) is 0. The number of hydrogen-bond acceptors (Lipinski definition) is 7. The Morgan fingerprint density at radius 1 is 1.08 bits per heavy atom. The van der Waals surface area contributed by atoms with Crippen LogP contribution in [0.5, 0.6) is 17.2 Å². The minimum Gasteiger partial charge on any atom is -0.733 e. The zero-order valence-corrected chi connectivity index (χ0v) is 14.1. The van der Waals surface area contributed by atoms with E-state index < -0.39 is 0 Å². The van der Waals surface area contributed by atoms with Gasteiger partial charge in [0.25, 0.3) is 5.91 Å². The molecule has 25 heavy (non-hydrogen) atoms. The minimum atomic E-state index is -0.323. The van der Waals surface area contributed by atoms with Crippen LogP contribution in [0.3, 0.4) is 0 Å². The van der Waals surface area contributed by atoms with Gasteiger partial charge in [-0.25, -0.2) is 0 Å². The molecule has 8 nitrogen and oxygen atoms in total. The molecule has 0 heterocycles. The lowest BCUT2D eigenvalue weighted by Crippen LogP contribution is -2.23. The highest BCUT2D eigenvalue weighted by Gasteiger charge is 2.14. The van der Waals surface area contributed by atoms with Crippen molar-refractivity contribution in [3.63, 3.8) is 0 Å². The summed E-state index contributed by atoms with van der Waals surface area (Å²) in [5.74, 6) is 1.14. The Hall–Kier alpha value is -2.97. The molecule has 0 spiro atoms. The molecule has 0 saturated heterocycles. The fraction of sp³-hybridized carbons (Fsp3) is 0.235. The molecule has 8 heteroatoms. The molecule has 0 aliphatic heterocycles. The van der Waals surface area contributed by atoms with Gasteiger partial charge in [0, 0.05) is 12.1 Å². The Bertz CT molecular complexity index is 705. The largest absolute Gasteiger partial charge is 0.733 e. The molecule has 0 atom stereocenters. The molecule has 2 aromatic carbocycles. The van der Waals surface area contributed by atoms with E-state index in [9.17, 15) is 10.0 Å². The van der Waals surface area contributed by atoms with Crippen molar-refractivity contribution in [2.45, 2.75) is 6.54 Å². The van der Waals surface area contributed by atoms with Crippen molar-refractivity contribution >= 4 is 11.6 Å². The van der Waals surface area contributed by atoms with E-state index in [1.807, 2.05) is 0 Å². The van der Waals surface area contributed by atoms with Crippen molar-refractivity contribution in [2.75, 3.05) is 26.6 Å². The number of ether oxygens (including phenoxy) is 3. The Kier molecular flexibility index (Phi) is 6.04. The fourth-order valence-electron chi connectivity index (χ4n) is 2.26. The molecular formula is C17H19N2O6-. The molecule has 0 fully saturated rings. The molecule has 2 aromatic rings. The van der Waals surface area contributed by atoms with Crippen molar-refractivity contribution in [1.82, 2.24) is 5.32 Å². The van der Waals surface area contributed by atoms with Gasteiger partial charge < -0.3 is 30.0 Å². The lowest BCUT2D eigenvalue weighted by molar-refractivity contribution is 0.0950. The van der Waals surface area contributed by atoms with Crippen LogP contribution in [-0.2, 0) is 6.54 Å². The van der Waals surface area contributed by atoms with Crippen LogP contribution >= 0.6 is 0 Å². The van der Waals surface area contributed by atoms with Crippen molar-refractivity contribution in [3.05, 3.63) is 52.7 Å². The third-order valence-electron chi connectivity index (χ3n) is 3.53. The van der Waals surface area contributed by atoms with E-state index in [-0.39, 0.29) is 23.4 Å². The molecule has 0 unspecified atom stereocenters. The van der Waals surface area contributed by atoms with Gasteiger partial charge in [-0.1, -0.05) is 0 Å². The van der Waals surface area contributed by atoms with Gasteiger partial charge in [0.15, 0.2) is 11.5 Å². The number of benzene rings is 2. The number of methoxy groups -OCH3 is 3. The second kappa shape index (κ2) is 8.22. The molecule has 0 aliphatic rings. The predicted molar refractivity (Wildman–Crippen MR) is 91.3 cm³/mol. The summed E-state index contributed by atoms with van der Waals surface area (Å²) >= 11 is 0. The lowest BCUT2D eigenvalue weighted by atomic mass is 10.1. The molecule has 134 valence electrons. The Labute approximate surface area is 145 Å². The third-order valence-corrected chi connectivity index (χ3v) is 3.53. The van der Waals surface area contributed by atoms with Crippen LogP contribution in [0.15, 0.2) is 36.4 Å². The Balaban J connectivity index is 2.11. The van der Waals surface area contributed by atoms with Crippen molar-refractivity contribution in [2.24, 2.45) is 0 Å². The summed E-state index contributed by atoms with van der Waals surface area (Å²) in [6.45, 7) is 0.241. The van der Waals surface area contributed by atoms with E-state index in [2.05, 4.69) is 5.32 Å². The number of anilines is 1. The highest BCUT2D eigenvalue weighted by Crippen LogP contribution is 2.38. The van der Waals surface area contributed by atoms with Crippen LogP contribution in [0.1, 0.15) is 15.9 Å². The highest BCUT2D eigenvalue weighted by molar-refractivity contribution is 5.94. The standard InChI is InChI=1S/C17H19N2O6/c1-23-14-8-11(9-15(24-2)16(14)25-3)10-18-17(20)12-4-6-13(7-5-12)19(21)22/h4-9,21H,10H2,1-3H3,(H,18,20)/q-1. The maximum atomic E-state index is 12.2. The summed E-state index contributed by atoms with van der Waals surface area (Å²) in [7, 11) is 4.55. The first-order valence-corrected chi connectivity index (χ1v) is 7.33. The molecule has 0 aromatic heterocycles. The molecule has 2 N–H and O–H groups in total. The molecule has 2 rings (SSSR count). The second-order valence-electron chi connectivity index (χ2n) is 5.04. The first kappa shape index (κ1) is 18.4. The zero-order valence-electron chi connectivity index (χ0n) is 14.1. The topological polar surface area (TPSA) is 103 Å². The second-order valence-corrected chi connectivity index (χ2v) is 5.04. The van der Waals surface area contributed by atoms with E-state index in [1.165, 1.54) is 45.6 Å². The van der Waals surface area contributed by atoms with Gasteiger partial charge in [0.05, 0.1) is 27.0 Å². The lowest BCUT2D eigenvalue weighted by Gasteiger charge is -2.21. The number of hydrogen-bond donors (Lipinski definition) is 2. The average molecular weight is 347 g/mol. The van der Waals surface area contributed by atoms with E-state index >= 15 is 0 Å². The van der Waals surface area contributed by atoms with Gasteiger partial charge in [-0.3, -0.25) is 10.0 Å². The normalized spacial score (nSPS) is 10.1. The van der Waals surface area contributed by atoms with Crippen LogP contribution in [0.2, 0.25) is 0 Å². The summed E-state index contributed by atoms with van der Waals surface area (Å²) in [5, 5.41) is 22.0. The van der Waals surface area contributed by atoms with Gasteiger partial charge in [0.2, 0.25) is 5.75 Å². The first-order chi connectivity index (χ1) is 12.0. The van der Waals surface area contributed by atoms with Gasteiger partial charge >= 0.3 is 0 Å². The minimum absolute atomic E-state index is 0.0428. The molecule has 0 saturated carbocycles. The third kappa shape index (κ3) is 4.31. The van der Waals surface area contributed by atoms with Crippen LogP contribution in [0, 0.1) is 5.21 Å². The highest BCUT2D eigenvalue weighted by atomic mass is 16.8. The van der Waals surface area contributed by atoms with Crippen molar-refractivity contribution in [1.29, 1.82) is 0 Å². The van der Waals surface area contributed by atoms with E-state index in [0.717, 1.165) is 5.56 Å². The van der Waals surface area contributed by atoms with Gasteiger partial charge in [0.1, 0.15) is 0 Å². The van der Waals surface area contributed by atoms with Crippen LogP contribution in [0.25, 0.3) is 0 Å². The average Bonchev–Trinajstić information content (AvgIpc) is 2.64. The van der Waals surface area contributed by atoms with E-state index in [1.54, 1.807) is 12.1 Å². The van der Waals surface area contributed by atoms with Crippen LogP contribution in [-0.4, -0.2) is 32.4 Å². The summed E-state index contributed by atoms with van der Waals surface area (Å²) in [4.78, 5) is 12.2. The zero-order chi connectivity index (χ0) is 18.4. The fourth-order valence-corrected chi connectivity index (χ4v) is 2.26. The van der Waals surface area contributed by atoms with Gasteiger partial charge in [-0.15, -0.1) is 0 Å². The van der Waals surface area contributed by atoms with E-state index in [4.69, 9.17) is 19.4 Å². The Morgan fingerprint density at radius 3 is 2.08 bits per heavy atom. The first-order valence-electron chi connectivity index (χ1n) is 7.33. The number of carbonyl (C=O) groups excluding carboxylic acids is 1. The number of nitrogens with zero attached hydrogens (tertiary/aromatic N) is 1. The predicted octanol–water partition coefficient (Wildman–Crippen LogP) is 2.34. The number of carbonyl (C=O) groups is 1. The van der Waals surface area contributed by atoms with Crippen LogP contribution < -0.4 is 24.8 Å². The monoisotopic (exact) mass is 347 g/mol. The number of rotatable bonds is 7. The Morgan fingerprint density at radius 2 is 1.64 bits per heavy atom. The number of amides is 1. The van der Waals surface area contributed by atoms with Crippen molar-refractivity contribution in [3.8, 4) is 17.2 Å². The SMILES string of the molecule is COc1cc(CNC(=O)c2ccc(N([O-])O)cc2)cc(OC)c1OC. The van der Waals surface area contributed by atoms with Gasteiger partial charge in [-0.05, 0) is 42.0 Å². The van der Waals surface area contributed by atoms with Crippen molar-refractivity contribution < 1.29 is 24.2 Å². The summed E-state index contributed by atoms with van der Waals surface area (Å²) in [6, 6.07) is 9.07. The summed E-state index contributed by atoms with van der Waals surface area (Å²) < 4.78 is 15.8. The molecular weight excluding hydrogens is 328 g/mol. The van der Waals surface area contributed by atoms with Crippen LogP contribution in [0.4, 0.5) is 5.69 Å². The molecule has 0 aliphatic carbocycles. The molecule has 1 amide bonds.